The maximum Gasteiger partial charge on any atom is 0.371 e. The lowest BCUT2D eigenvalue weighted by Crippen LogP contribution is -2.74. The molecule has 0 saturated carbocycles. The number of amides is 2. The molecule has 0 radical (unpaired) electrons. The molecule has 8 nitrogen and oxygen atoms in total. The van der Waals surface area contributed by atoms with E-state index in [9.17, 15) is 24.3 Å². The summed E-state index contributed by atoms with van der Waals surface area (Å²) in [6.45, 7) is 0. The van der Waals surface area contributed by atoms with Gasteiger partial charge in [0.2, 0.25) is 5.91 Å². The van der Waals surface area contributed by atoms with Gasteiger partial charge in [-0.05, 0) is 5.56 Å². The summed E-state index contributed by atoms with van der Waals surface area (Å²) in [5.41, 5.74) is -1.13. The molecule has 3 heterocycles. The van der Waals surface area contributed by atoms with E-state index < -0.39 is 40.2 Å². The molecule has 0 spiro atoms. The second-order valence-corrected chi connectivity index (χ2v) is 7.44. The minimum Gasteiger partial charge on any atom is -0.477 e. The number of rotatable bonds is 4. The van der Waals surface area contributed by atoms with E-state index in [1.165, 1.54) is 11.8 Å². The number of nitrogens with one attached hydrogen (secondary N) is 1. The average Bonchev–Trinajstić information content (AvgIpc) is 3.03. The molecule has 3 saturated heterocycles. The van der Waals surface area contributed by atoms with E-state index in [4.69, 9.17) is 4.74 Å². The third kappa shape index (κ3) is 2.22. The standard InChI is InChI=1S/C16H14N2O6S/c19-10(6-8-4-2-1-3-5-8)17-12-13(21)18-14(12)25-9-7-11(20)24-16(9,18)15(22)23/h1-5,9,12,14H,6-7H2,(H,17,19)(H,22,23)/t9-,12+,14+,16-/m0/s1. The fourth-order valence-electron chi connectivity index (χ4n) is 3.46. The molecule has 1 aromatic rings. The number of nitrogens with zero attached hydrogens (tertiary/aromatic N) is 1. The number of hydrogen-bond acceptors (Lipinski definition) is 6. The number of carboxylic acids is 1. The van der Waals surface area contributed by atoms with Crippen molar-refractivity contribution in [2.24, 2.45) is 0 Å². The normalized spacial score (nSPS) is 32.5. The van der Waals surface area contributed by atoms with Crippen molar-refractivity contribution in [3.63, 3.8) is 0 Å². The molecule has 2 N–H and O–H groups in total. The van der Waals surface area contributed by atoms with E-state index in [2.05, 4.69) is 5.32 Å². The zero-order valence-corrected chi connectivity index (χ0v) is 13.7. The van der Waals surface area contributed by atoms with Crippen molar-refractivity contribution >= 4 is 35.5 Å². The van der Waals surface area contributed by atoms with E-state index in [0.717, 1.165) is 10.5 Å². The van der Waals surface area contributed by atoms with Crippen LogP contribution in [0.5, 0.6) is 0 Å². The van der Waals surface area contributed by atoms with E-state index >= 15 is 0 Å². The van der Waals surface area contributed by atoms with Gasteiger partial charge in [-0.15, -0.1) is 11.8 Å². The Morgan fingerprint density at radius 3 is 2.72 bits per heavy atom. The number of β-lactam (4-membered cyclic amide) rings is 1. The van der Waals surface area contributed by atoms with Crippen LogP contribution in [0.1, 0.15) is 12.0 Å². The maximum absolute atomic E-state index is 12.4. The van der Waals surface area contributed by atoms with Crippen LogP contribution in [0.25, 0.3) is 0 Å². The lowest BCUT2D eigenvalue weighted by Gasteiger charge is -2.46. The summed E-state index contributed by atoms with van der Waals surface area (Å²) in [4.78, 5) is 48.9. The first-order valence-electron chi connectivity index (χ1n) is 7.70. The fourth-order valence-corrected chi connectivity index (χ4v) is 5.20. The van der Waals surface area contributed by atoms with Crippen LogP contribution in [0.3, 0.4) is 0 Å². The fraction of sp³-hybridized carbons (Fsp3) is 0.375. The first-order chi connectivity index (χ1) is 11.9. The number of fused-ring (bicyclic) bond motifs is 3. The molecule has 0 aliphatic carbocycles. The third-order valence-electron chi connectivity index (χ3n) is 4.59. The average molecular weight is 362 g/mol. The Bertz CT molecular complexity index is 784. The summed E-state index contributed by atoms with van der Waals surface area (Å²) in [5, 5.41) is 11.0. The van der Waals surface area contributed by atoms with Crippen molar-refractivity contribution in [2.45, 2.75) is 35.2 Å². The summed E-state index contributed by atoms with van der Waals surface area (Å²) in [7, 11) is 0. The molecule has 3 aliphatic rings. The Hall–Kier alpha value is -2.55. The Morgan fingerprint density at radius 1 is 1.32 bits per heavy atom. The van der Waals surface area contributed by atoms with Crippen LogP contribution in [0.4, 0.5) is 0 Å². The van der Waals surface area contributed by atoms with Gasteiger partial charge < -0.3 is 15.2 Å². The van der Waals surface area contributed by atoms with Gasteiger partial charge >= 0.3 is 11.9 Å². The quantitative estimate of drug-likeness (QED) is 0.560. The van der Waals surface area contributed by atoms with Crippen molar-refractivity contribution in [3.05, 3.63) is 35.9 Å². The molecule has 4 rings (SSSR count). The van der Waals surface area contributed by atoms with Gasteiger partial charge in [0.1, 0.15) is 11.4 Å². The number of carbonyl (C=O) groups is 4. The molecule has 25 heavy (non-hydrogen) atoms. The number of carbonyl (C=O) groups excluding carboxylic acids is 3. The number of thioether (sulfide) groups is 1. The monoisotopic (exact) mass is 362 g/mol. The highest BCUT2D eigenvalue weighted by atomic mass is 32.2. The van der Waals surface area contributed by atoms with Crippen LogP contribution >= 0.6 is 11.8 Å². The van der Waals surface area contributed by atoms with Gasteiger partial charge in [-0.1, -0.05) is 30.3 Å². The highest BCUT2D eigenvalue weighted by Crippen LogP contribution is 2.55. The Balaban J connectivity index is 1.48. The first-order valence-corrected chi connectivity index (χ1v) is 8.65. The molecule has 1 aromatic carbocycles. The van der Waals surface area contributed by atoms with Crippen molar-refractivity contribution in [3.8, 4) is 0 Å². The minimum atomic E-state index is -1.94. The van der Waals surface area contributed by atoms with Crippen molar-refractivity contribution in [2.75, 3.05) is 0 Å². The zero-order chi connectivity index (χ0) is 17.8. The molecule has 3 aliphatic heterocycles. The molecule has 2 amide bonds. The van der Waals surface area contributed by atoms with Crippen LogP contribution in [0.15, 0.2) is 30.3 Å². The second kappa shape index (κ2) is 5.48. The van der Waals surface area contributed by atoms with E-state index in [1.807, 2.05) is 30.3 Å². The number of benzene rings is 1. The van der Waals surface area contributed by atoms with Crippen LogP contribution in [-0.2, 0) is 30.3 Å². The SMILES string of the molecule is O=C(Cc1ccccc1)N[C@@H]1C(=O)N2[C@@H]1S[C@H]1CC(=O)O[C@]12C(=O)O. The van der Waals surface area contributed by atoms with Crippen LogP contribution in [0, 0.1) is 0 Å². The zero-order valence-electron chi connectivity index (χ0n) is 12.9. The lowest BCUT2D eigenvalue weighted by atomic mass is 9.98. The molecule has 130 valence electrons. The van der Waals surface area contributed by atoms with Gasteiger partial charge in [0.05, 0.1) is 18.1 Å². The second-order valence-electron chi connectivity index (χ2n) is 6.11. The van der Waals surface area contributed by atoms with Crippen LogP contribution < -0.4 is 5.32 Å². The van der Waals surface area contributed by atoms with E-state index in [-0.39, 0.29) is 18.7 Å². The number of carboxylic acid groups (broad SMARTS) is 1. The molecular formula is C16H14N2O6S. The molecular weight excluding hydrogens is 348 g/mol. The summed E-state index contributed by atoms with van der Waals surface area (Å²) in [5.74, 6) is -2.86. The number of esters is 1. The Morgan fingerprint density at radius 2 is 2.04 bits per heavy atom. The molecule has 9 heteroatoms. The van der Waals surface area contributed by atoms with Gasteiger partial charge in [0, 0.05) is 0 Å². The summed E-state index contributed by atoms with van der Waals surface area (Å²) >= 11 is 1.19. The predicted molar refractivity (Wildman–Crippen MR) is 85.2 cm³/mol. The number of hydrogen-bond donors (Lipinski definition) is 2. The van der Waals surface area contributed by atoms with E-state index in [0.29, 0.717) is 0 Å². The highest BCUT2D eigenvalue weighted by Gasteiger charge is 2.74. The van der Waals surface area contributed by atoms with Gasteiger partial charge in [-0.25, -0.2) is 4.79 Å². The van der Waals surface area contributed by atoms with Crippen molar-refractivity contribution in [1.29, 1.82) is 0 Å². The lowest BCUT2D eigenvalue weighted by molar-refractivity contribution is -0.204. The van der Waals surface area contributed by atoms with Crippen LogP contribution in [-0.4, -0.2) is 56.2 Å². The minimum absolute atomic E-state index is 0.0675. The molecule has 0 bridgehead atoms. The van der Waals surface area contributed by atoms with Gasteiger partial charge in [0.15, 0.2) is 0 Å². The highest BCUT2D eigenvalue weighted by molar-refractivity contribution is 8.01. The number of ether oxygens (including phenoxy) is 1. The summed E-state index contributed by atoms with van der Waals surface area (Å²) < 4.78 is 5.02. The largest absolute Gasteiger partial charge is 0.477 e. The van der Waals surface area contributed by atoms with Gasteiger partial charge in [0.25, 0.3) is 11.6 Å². The van der Waals surface area contributed by atoms with Crippen molar-refractivity contribution < 1.29 is 29.0 Å². The Labute approximate surface area is 146 Å². The third-order valence-corrected chi connectivity index (χ3v) is 6.17. The van der Waals surface area contributed by atoms with Gasteiger partial charge in [-0.3, -0.25) is 19.3 Å². The molecule has 0 unspecified atom stereocenters. The maximum atomic E-state index is 12.4. The van der Waals surface area contributed by atoms with Crippen LogP contribution in [0.2, 0.25) is 0 Å². The first kappa shape index (κ1) is 15.9. The summed E-state index contributed by atoms with van der Waals surface area (Å²) in [6, 6.07) is 8.29. The topological polar surface area (TPSA) is 113 Å². The molecule has 0 aromatic heterocycles. The summed E-state index contributed by atoms with van der Waals surface area (Å²) in [6.07, 6.45) is 0.0619. The molecule has 4 atom stereocenters. The van der Waals surface area contributed by atoms with Crippen molar-refractivity contribution in [1.82, 2.24) is 10.2 Å². The number of aliphatic carboxylic acids is 1. The predicted octanol–water partition coefficient (Wildman–Crippen LogP) is -0.275. The van der Waals surface area contributed by atoms with Gasteiger partial charge in [-0.2, -0.15) is 0 Å². The smallest absolute Gasteiger partial charge is 0.371 e. The molecule has 3 fully saturated rings. The Kier molecular flexibility index (Phi) is 3.50. The van der Waals surface area contributed by atoms with E-state index in [1.54, 1.807) is 0 Å².